The zero-order valence-electron chi connectivity index (χ0n) is 19.3. The maximum atomic E-state index is 13.0. The summed E-state index contributed by atoms with van der Waals surface area (Å²) in [5.74, 6) is 0.228. The molecule has 0 unspecified atom stereocenters. The fraction of sp³-hybridized carbons (Fsp3) is 0.231. The normalized spacial score (nSPS) is 14.4. The fourth-order valence-electron chi connectivity index (χ4n) is 3.83. The third kappa shape index (κ3) is 5.52. The number of ketones is 1. The predicted molar refractivity (Wildman–Crippen MR) is 130 cm³/mol. The van der Waals surface area contributed by atoms with Gasteiger partial charge in [-0.2, -0.15) is 4.31 Å². The maximum Gasteiger partial charge on any atom is 0.260 e. The van der Waals surface area contributed by atoms with Gasteiger partial charge in [-0.3, -0.25) is 9.59 Å². The highest BCUT2D eigenvalue weighted by Crippen LogP contribution is 2.27. The van der Waals surface area contributed by atoms with Crippen molar-refractivity contribution in [1.82, 2.24) is 9.21 Å². The highest BCUT2D eigenvalue weighted by atomic mass is 32.2. The molecule has 1 aliphatic heterocycles. The predicted octanol–water partition coefficient (Wildman–Crippen LogP) is 2.84. The van der Waals surface area contributed by atoms with E-state index in [1.54, 1.807) is 77.7 Å². The van der Waals surface area contributed by atoms with E-state index in [0.29, 0.717) is 16.9 Å². The highest BCUT2D eigenvalue weighted by Gasteiger charge is 2.30. The van der Waals surface area contributed by atoms with Crippen LogP contribution in [-0.4, -0.2) is 69.2 Å². The Morgan fingerprint density at radius 3 is 2.11 bits per heavy atom. The van der Waals surface area contributed by atoms with E-state index in [2.05, 4.69) is 0 Å². The summed E-state index contributed by atoms with van der Waals surface area (Å²) < 4.78 is 38.0. The van der Waals surface area contributed by atoms with Crippen molar-refractivity contribution in [3.05, 3.63) is 90.0 Å². The van der Waals surface area contributed by atoms with Gasteiger partial charge in [0.2, 0.25) is 10.0 Å². The molecule has 0 spiro atoms. The van der Waals surface area contributed by atoms with Gasteiger partial charge in [0.05, 0.1) is 17.6 Å². The molecule has 1 heterocycles. The van der Waals surface area contributed by atoms with Crippen LogP contribution in [0.1, 0.15) is 15.9 Å². The van der Waals surface area contributed by atoms with Gasteiger partial charge in [-0.25, -0.2) is 8.42 Å². The summed E-state index contributed by atoms with van der Waals surface area (Å²) in [6.45, 7) is 0.609. The van der Waals surface area contributed by atoms with Gasteiger partial charge in [-0.1, -0.05) is 48.5 Å². The van der Waals surface area contributed by atoms with E-state index in [9.17, 15) is 18.0 Å². The average molecular weight is 495 g/mol. The second kappa shape index (κ2) is 10.7. The molecule has 8 nitrogen and oxygen atoms in total. The van der Waals surface area contributed by atoms with Crippen LogP contribution in [-0.2, 0) is 14.8 Å². The number of sulfonamides is 1. The number of methoxy groups -OCH3 is 1. The van der Waals surface area contributed by atoms with E-state index in [1.807, 2.05) is 6.07 Å². The summed E-state index contributed by atoms with van der Waals surface area (Å²) in [5.41, 5.74) is 0.827. The molecule has 1 aliphatic rings. The van der Waals surface area contributed by atoms with Crippen molar-refractivity contribution in [2.75, 3.05) is 39.9 Å². The zero-order valence-corrected chi connectivity index (χ0v) is 20.1. The van der Waals surface area contributed by atoms with Gasteiger partial charge in [0.25, 0.3) is 5.91 Å². The lowest BCUT2D eigenvalue weighted by Crippen LogP contribution is -2.51. The Hall–Kier alpha value is -3.69. The van der Waals surface area contributed by atoms with Crippen LogP contribution in [0.15, 0.2) is 83.8 Å². The topological polar surface area (TPSA) is 93.2 Å². The molecule has 0 aromatic heterocycles. The molecule has 4 rings (SSSR count). The lowest BCUT2D eigenvalue weighted by Gasteiger charge is -2.34. The van der Waals surface area contributed by atoms with Crippen molar-refractivity contribution >= 4 is 21.7 Å². The molecule has 0 radical (unpaired) electrons. The molecule has 3 aromatic rings. The summed E-state index contributed by atoms with van der Waals surface area (Å²) in [6.07, 6.45) is 0. The van der Waals surface area contributed by atoms with Crippen LogP contribution < -0.4 is 9.47 Å². The Balaban J connectivity index is 1.41. The first-order chi connectivity index (χ1) is 16.9. The molecule has 0 N–H and O–H groups in total. The van der Waals surface area contributed by atoms with E-state index in [0.717, 1.165) is 0 Å². The third-order valence-corrected chi connectivity index (χ3v) is 7.71. The number of amides is 1. The molecule has 0 atom stereocenters. The van der Waals surface area contributed by atoms with Crippen LogP contribution >= 0.6 is 0 Å². The standard InChI is InChI=1S/C26H26N2O6S/c1-33-21-12-13-23(26(30)20-8-4-2-5-9-20)24(18-21)34-19-25(29)27-14-16-28(17-15-27)35(31,32)22-10-6-3-7-11-22/h2-13,18H,14-17,19H2,1H3. The number of hydrogen-bond acceptors (Lipinski definition) is 6. The van der Waals surface area contributed by atoms with Crippen LogP contribution in [0.4, 0.5) is 0 Å². The van der Waals surface area contributed by atoms with Gasteiger partial charge in [0, 0.05) is 37.8 Å². The van der Waals surface area contributed by atoms with Crippen LogP contribution in [0, 0.1) is 0 Å². The number of benzene rings is 3. The van der Waals surface area contributed by atoms with Crippen LogP contribution in [0.25, 0.3) is 0 Å². The van der Waals surface area contributed by atoms with Crippen molar-refractivity contribution in [3.63, 3.8) is 0 Å². The Labute approximate surface area is 204 Å². The van der Waals surface area contributed by atoms with Gasteiger partial charge in [-0.05, 0) is 24.3 Å². The summed E-state index contributed by atoms with van der Waals surface area (Å²) in [5, 5.41) is 0. The number of hydrogen-bond donors (Lipinski definition) is 0. The minimum absolute atomic E-state index is 0.194. The lowest BCUT2D eigenvalue weighted by atomic mass is 10.0. The summed E-state index contributed by atoms with van der Waals surface area (Å²) in [7, 11) is -2.10. The average Bonchev–Trinajstić information content (AvgIpc) is 2.92. The van der Waals surface area contributed by atoms with E-state index in [1.165, 1.54) is 11.4 Å². The van der Waals surface area contributed by atoms with Crippen molar-refractivity contribution in [2.24, 2.45) is 0 Å². The molecule has 0 bridgehead atoms. The van der Waals surface area contributed by atoms with Crippen molar-refractivity contribution < 1.29 is 27.5 Å². The monoisotopic (exact) mass is 494 g/mol. The SMILES string of the molecule is COc1ccc(C(=O)c2ccccc2)c(OCC(=O)N2CCN(S(=O)(=O)c3ccccc3)CC2)c1. The molecule has 1 fully saturated rings. The zero-order chi connectivity index (χ0) is 24.8. The highest BCUT2D eigenvalue weighted by molar-refractivity contribution is 7.89. The van der Waals surface area contributed by atoms with Gasteiger partial charge in [0.1, 0.15) is 11.5 Å². The maximum absolute atomic E-state index is 13.0. The molecular weight excluding hydrogens is 468 g/mol. The summed E-state index contributed by atoms with van der Waals surface area (Å²) in [4.78, 5) is 27.6. The first-order valence-corrected chi connectivity index (χ1v) is 12.6. The Morgan fingerprint density at radius 2 is 1.49 bits per heavy atom. The van der Waals surface area contributed by atoms with Crippen LogP contribution in [0.3, 0.4) is 0 Å². The first-order valence-electron chi connectivity index (χ1n) is 11.1. The Morgan fingerprint density at radius 1 is 0.857 bits per heavy atom. The molecule has 3 aromatic carbocycles. The van der Waals surface area contributed by atoms with Crippen LogP contribution in [0.2, 0.25) is 0 Å². The number of ether oxygens (including phenoxy) is 2. The number of nitrogens with zero attached hydrogens (tertiary/aromatic N) is 2. The Bertz CT molecular complexity index is 1290. The van der Waals surface area contributed by atoms with E-state index < -0.39 is 10.0 Å². The molecule has 9 heteroatoms. The van der Waals surface area contributed by atoms with Gasteiger partial charge >= 0.3 is 0 Å². The van der Waals surface area contributed by atoms with E-state index in [4.69, 9.17) is 9.47 Å². The molecule has 1 amide bonds. The third-order valence-electron chi connectivity index (χ3n) is 5.79. The number of piperazine rings is 1. The van der Waals surface area contributed by atoms with Gasteiger partial charge in [0.15, 0.2) is 12.4 Å². The molecule has 0 aliphatic carbocycles. The molecular formula is C26H26N2O6S. The first kappa shape index (κ1) is 24.4. The summed E-state index contributed by atoms with van der Waals surface area (Å²) in [6, 6.07) is 21.9. The van der Waals surface area contributed by atoms with Gasteiger partial charge in [-0.15, -0.1) is 0 Å². The fourth-order valence-corrected chi connectivity index (χ4v) is 5.28. The Kier molecular flexibility index (Phi) is 7.48. The number of carbonyl (C=O) groups is 2. The molecule has 182 valence electrons. The van der Waals surface area contributed by atoms with E-state index >= 15 is 0 Å². The lowest BCUT2D eigenvalue weighted by molar-refractivity contribution is -0.134. The largest absolute Gasteiger partial charge is 0.497 e. The second-order valence-electron chi connectivity index (χ2n) is 7.94. The quantitative estimate of drug-likeness (QED) is 0.447. The minimum atomic E-state index is -3.60. The number of carbonyl (C=O) groups excluding carboxylic acids is 2. The molecule has 35 heavy (non-hydrogen) atoms. The molecule has 0 saturated carbocycles. The minimum Gasteiger partial charge on any atom is -0.497 e. The smallest absolute Gasteiger partial charge is 0.260 e. The molecule has 1 saturated heterocycles. The van der Waals surface area contributed by atoms with Gasteiger partial charge < -0.3 is 14.4 Å². The van der Waals surface area contributed by atoms with Crippen molar-refractivity contribution in [1.29, 1.82) is 0 Å². The van der Waals surface area contributed by atoms with E-state index in [-0.39, 0.29) is 55.1 Å². The van der Waals surface area contributed by atoms with Crippen molar-refractivity contribution in [3.8, 4) is 11.5 Å². The van der Waals surface area contributed by atoms with Crippen molar-refractivity contribution in [2.45, 2.75) is 4.90 Å². The number of rotatable bonds is 8. The second-order valence-corrected chi connectivity index (χ2v) is 9.88. The summed E-state index contributed by atoms with van der Waals surface area (Å²) >= 11 is 0. The van der Waals surface area contributed by atoms with Crippen LogP contribution in [0.5, 0.6) is 11.5 Å².